The Hall–Kier alpha value is -2.05. The van der Waals surface area contributed by atoms with Crippen LogP contribution in [0.2, 0.25) is 0 Å². The van der Waals surface area contributed by atoms with Gasteiger partial charge in [-0.25, -0.2) is 0 Å². The molecule has 1 heterocycles. The molecular formula is C18H24N2O3S. The number of amides is 1. The third kappa shape index (κ3) is 4.07. The zero-order chi connectivity index (χ0) is 17.7. The molecule has 6 heteroatoms. The molecule has 24 heavy (non-hydrogen) atoms. The molecular weight excluding hydrogens is 324 g/mol. The number of nitrogens with zero attached hydrogens (tertiary/aromatic N) is 1. The second kappa shape index (κ2) is 8.17. The zero-order valence-corrected chi connectivity index (χ0v) is 15.6. The number of ether oxygens (including phenoxy) is 2. The number of nitrogens with one attached hydrogen (secondary N) is 1. The highest BCUT2D eigenvalue weighted by molar-refractivity contribution is 7.07. The fraction of sp³-hybridized carbons (Fsp3) is 0.389. The summed E-state index contributed by atoms with van der Waals surface area (Å²) in [4.78, 5) is 14.6. The van der Waals surface area contributed by atoms with E-state index < -0.39 is 0 Å². The van der Waals surface area contributed by atoms with Crippen LogP contribution >= 0.6 is 11.3 Å². The average molecular weight is 348 g/mol. The van der Waals surface area contributed by atoms with Crippen molar-refractivity contribution in [3.63, 3.8) is 0 Å². The summed E-state index contributed by atoms with van der Waals surface area (Å²) in [5.74, 6) is 1.14. The van der Waals surface area contributed by atoms with Crippen LogP contribution in [-0.2, 0) is 0 Å². The van der Waals surface area contributed by atoms with Crippen LogP contribution in [0.25, 0.3) is 0 Å². The van der Waals surface area contributed by atoms with Crippen molar-refractivity contribution in [2.45, 2.75) is 13.0 Å². The fourth-order valence-electron chi connectivity index (χ4n) is 2.57. The number of methoxy groups -OCH3 is 2. The molecule has 1 amide bonds. The standard InChI is InChI=1S/C18H24N2O3S/c1-12-16(22-4)8-14(9-17(12)23-5)18(21)19-10-15(20(2)3)13-6-7-24-11-13/h6-9,11,15H,10H2,1-5H3,(H,19,21)/t15-/m0/s1. The highest BCUT2D eigenvalue weighted by Gasteiger charge is 2.18. The third-order valence-electron chi connectivity index (χ3n) is 4.02. The van der Waals surface area contributed by atoms with Crippen molar-refractivity contribution < 1.29 is 14.3 Å². The Labute approximate surface area is 147 Å². The summed E-state index contributed by atoms with van der Waals surface area (Å²) in [6.45, 7) is 2.43. The maximum atomic E-state index is 12.6. The number of hydrogen-bond donors (Lipinski definition) is 1. The molecule has 0 radical (unpaired) electrons. The number of rotatable bonds is 7. The van der Waals surface area contributed by atoms with Crippen LogP contribution in [0.1, 0.15) is 27.5 Å². The Balaban J connectivity index is 2.14. The predicted molar refractivity (Wildman–Crippen MR) is 97.4 cm³/mol. The van der Waals surface area contributed by atoms with Gasteiger partial charge in [-0.3, -0.25) is 4.79 Å². The van der Waals surface area contributed by atoms with E-state index in [0.29, 0.717) is 23.6 Å². The molecule has 0 aliphatic rings. The number of carbonyl (C=O) groups is 1. The maximum Gasteiger partial charge on any atom is 0.251 e. The minimum Gasteiger partial charge on any atom is -0.496 e. The number of thiophene rings is 1. The van der Waals surface area contributed by atoms with Crippen molar-refractivity contribution >= 4 is 17.2 Å². The van der Waals surface area contributed by atoms with Crippen molar-refractivity contribution in [2.75, 3.05) is 34.9 Å². The predicted octanol–water partition coefficient (Wildman–Crippen LogP) is 3.11. The second-order valence-electron chi connectivity index (χ2n) is 5.75. The SMILES string of the molecule is COc1cc(C(=O)NC[C@@H](c2ccsc2)N(C)C)cc(OC)c1C. The normalized spacial score (nSPS) is 12.1. The average Bonchev–Trinajstić information content (AvgIpc) is 3.08. The molecule has 5 nitrogen and oxygen atoms in total. The summed E-state index contributed by atoms with van der Waals surface area (Å²) < 4.78 is 10.7. The third-order valence-corrected chi connectivity index (χ3v) is 4.72. The van der Waals surface area contributed by atoms with E-state index in [1.54, 1.807) is 37.7 Å². The van der Waals surface area contributed by atoms with Gasteiger partial charge in [-0.05, 0) is 55.5 Å². The molecule has 2 rings (SSSR count). The van der Waals surface area contributed by atoms with Gasteiger partial charge < -0.3 is 19.7 Å². The molecule has 1 N–H and O–H groups in total. The summed E-state index contributed by atoms with van der Waals surface area (Å²) in [7, 11) is 7.18. The van der Waals surface area contributed by atoms with E-state index in [0.717, 1.165) is 5.56 Å². The second-order valence-corrected chi connectivity index (χ2v) is 6.53. The molecule has 0 aliphatic heterocycles. The van der Waals surface area contributed by atoms with E-state index in [1.807, 2.05) is 26.4 Å². The van der Waals surface area contributed by atoms with Crippen molar-refractivity contribution in [3.8, 4) is 11.5 Å². The first-order valence-corrected chi connectivity index (χ1v) is 8.61. The topological polar surface area (TPSA) is 50.8 Å². The Morgan fingerprint density at radius 3 is 2.33 bits per heavy atom. The van der Waals surface area contributed by atoms with E-state index in [2.05, 4.69) is 21.7 Å². The first-order valence-electron chi connectivity index (χ1n) is 7.67. The Morgan fingerprint density at radius 2 is 1.88 bits per heavy atom. The number of carbonyl (C=O) groups excluding carboxylic acids is 1. The van der Waals surface area contributed by atoms with Gasteiger partial charge in [0, 0.05) is 17.7 Å². The van der Waals surface area contributed by atoms with E-state index in [1.165, 1.54) is 5.56 Å². The quantitative estimate of drug-likeness (QED) is 0.835. The van der Waals surface area contributed by atoms with Gasteiger partial charge in [0.1, 0.15) is 11.5 Å². The van der Waals surface area contributed by atoms with E-state index in [4.69, 9.17) is 9.47 Å². The number of likely N-dealkylation sites (N-methyl/N-ethyl adjacent to an activating group) is 1. The van der Waals surface area contributed by atoms with Crippen LogP contribution in [0.4, 0.5) is 0 Å². The van der Waals surface area contributed by atoms with Crippen molar-refractivity contribution in [2.24, 2.45) is 0 Å². The highest BCUT2D eigenvalue weighted by atomic mass is 32.1. The zero-order valence-electron chi connectivity index (χ0n) is 14.8. The molecule has 1 atom stereocenters. The van der Waals surface area contributed by atoms with Crippen molar-refractivity contribution in [3.05, 3.63) is 45.6 Å². The Kier molecular flexibility index (Phi) is 6.23. The first kappa shape index (κ1) is 18.3. The number of benzene rings is 1. The molecule has 0 unspecified atom stereocenters. The molecule has 0 saturated heterocycles. The lowest BCUT2D eigenvalue weighted by atomic mass is 10.1. The van der Waals surface area contributed by atoms with Crippen LogP contribution in [0.15, 0.2) is 29.0 Å². The van der Waals surface area contributed by atoms with Gasteiger partial charge in [0.25, 0.3) is 5.91 Å². The van der Waals surface area contributed by atoms with E-state index in [9.17, 15) is 4.79 Å². The van der Waals surface area contributed by atoms with E-state index >= 15 is 0 Å². The Bertz CT molecular complexity index is 659. The summed E-state index contributed by atoms with van der Waals surface area (Å²) >= 11 is 1.65. The molecule has 130 valence electrons. The van der Waals surface area contributed by atoms with Crippen LogP contribution < -0.4 is 14.8 Å². The van der Waals surface area contributed by atoms with Gasteiger partial charge in [0.2, 0.25) is 0 Å². The minimum absolute atomic E-state index is 0.134. The van der Waals surface area contributed by atoms with Crippen LogP contribution in [0, 0.1) is 6.92 Å². The van der Waals surface area contributed by atoms with Gasteiger partial charge in [0.15, 0.2) is 0 Å². The van der Waals surface area contributed by atoms with Crippen LogP contribution in [0.3, 0.4) is 0 Å². The van der Waals surface area contributed by atoms with Gasteiger partial charge in [0.05, 0.1) is 20.3 Å². The molecule has 0 fully saturated rings. The molecule has 2 aromatic rings. The molecule has 0 spiro atoms. The van der Waals surface area contributed by atoms with E-state index in [-0.39, 0.29) is 11.9 Å². The maximum absolute atomic E-state index is 12.6. The molecule has 0 bridgehead atoms. The summed E-state index contributed by atoms with van der Waals surface area (Å²) in [5.41, 5.74) is 2.60. The van der Waals surface area contributed by atoms with Crippen molar-refractivity contribution in [1.29, 1.82) is 0 Å². The largest absolute Gasteiger partial charge is 0.496 e. The fourth-order valence-corrected chi connectivity index (χ4v) is 3.28. The van der Waals surface area contributed by atoms with Crippen LogP contribution in [0.5, 0.6) is 11.5 Å². The minimum atomic E-state index is -0.145. The van der Waals surface area contributed by atoms with Crippen molar-refractivity contribution in [1.82, 2.24) is 10.2 Å². The van der Waals surface area contributed by atoms with Gasteiger partial charge in [-0.1, -0.05) is 0 Å². The highest BCUT2D eigenvalue weighted by Crippen LogP contribution is 2.29. The molecule has 0 aliphatic carbocycles. The van der Waals surface area contributed by atoms with Gasteiger partial charge in [-0.2, -0.15) is 11.3 Å². The summed E-state index contributed by atoms with van der Waals surface area (Å²) in [6, 6.07) is 5.69. The van der Waals surface area contributed by atoms with Crippen LogP contribution in [-0.4, -0.2) is 45.7 Å². The van der Waals surface area contributed by atoms with Gasteiger partial charge >= 0.3 is 0 Å². The lowest BCUT2D eigenvalue weighted by Gasteiger charge is -2.24. The smallest absolute Gasteiger partial charge is 0.251 e. The molecule has 1 aromatic heterocycles. The molecule has 1 aromatic carbocycles. The first-order chi connectivity index (χ1) is 11.5. The number of hydrogen-bond acceptors (Lipinski definition) is 5. The van der Waals surface area contributed by atoms with Gasteiger partial charge in [-0.15, -0.1) is 0 Å². The summed E-state index contributed by atoms with van der Waals surface area (Å²) in [6.07, 6.45) is 0. The monoisotopic (exact) mass is 348 g/mol. The lowest BCUT2D eigenvalue weighted by Crippen LogP contribution is -2.34. The lowest BCUT2D eigenvalue weighted by molar-refractivity contribution is 0.0941. The Morgan fingerprint density at radius 1 is 1.25 bits per heavy atom. The summed E-state index contributed by atoms with van der Waals surface area (Å²) in [5, 5.41) is 7.15. The molecule has 0 saturated carbocycles.